The molecule has 0 aliphatic rings. The molecule has 3 rings (SSSR count). The van der Waals surface area contributed by atoms with Gasteiger partial charge in [0.2, 0.25) is 5.75 Å². The first-order valence-corrected chi connectivity index (χ1v) is 9.87. The van der Waals surface area contributed by atoms with Crippen LogP contribution in [0.5, 0.6) is 17.2 Å². The van der Waals surface area contributed by atoms with Gasteiger partial charge in [-0.15, -0.1) is 11.3 Å². The first kappa shape index (κ1) is 20.8. The maximum absolute atomic E-state index is 14.8. The van der Waals surface area contributed by atoms with Crippen molar-refractivity contribution in [1.82, 2.24) is 4.98 Å². The van der Waals surface area contributed by atoms with Gasteiger partial charge in [0, 0.05) is 22.4 Å². The van der Waals surface area contributed by atoms with Crippen LogP contribution in [0, 0.1) is 5.82 Å². The zero-order valence-electron chi connectivity index (χ0n) is 16.9. The first-order valence-electron chi connectivity index (χ1n) is 8.99. The van der Waals surface area contributed by atoms with E-state index >= 15 is 0 Å². The number of thiazole rings is 1. The van der Waals surface area contributed by atoms with Gasteiger partial charge in [-0.1, -0.05) is 19.9 Å². The van der Waals surface area contributed by atoms with Crippen molar-refractivity contribution in [3.8, 4) is 28.5 Å². The van der Waals surface area contributed by atoms with Crippen molar-refractivity contribution < 1.29 is 23.4 Å². The number of halogens is 1. The van der Waals surface area contributed by atoms with Gasteiger partial charge in [0.1, 0.15) is 5.82 Å². The quantitative estimate of drug-likeness (QED) is 0.488. The Kier molecular flexibility index (Phi) is 6.17. The predicted octanol–water partition coefficient (Wildman–Crippen LogP) is 5.33. The van der Waals surface area contributed by atoms with Crippen molar-refractivity contribution in [2.24, 2.45) is 0 Å². The molecule has 0 unspecified atom stereocenters. The third-order valence-electron chi connectivity index (χ3n) is 4.45. The van der Waals surface area contributed by atoms with Gasteiger partial charge < -0.3 is 14.2 Å². The van der Waals surface area contributed by atoms with Gasteiger partial charge in [-0.25, -0.2) is 9.37 Å². The normalized spacial score (nSPS) is 10.9. The summed E-state index contributed by atoms with van der Waals surface area (Å²) in [5.74, 6) is 0.243. The molecule has 5 nitrogen and oxygen atoms in total. The predicted molar refractivity (Wildman–Crippen MR) is 111 cm³/mol. The number of hydrogen-bond acceptors (Lipinski definition) is 6. The summed E-state index contributed by atoms with van der Waals surface area (Å²) >= 11 is 1.54. The van der Waals surface area contributed by atoms with Crippen LogP contribution in [0.1, 0.15) is 40.7 Å². The molecule has 2 aromatic carbocycles. The van der Waals surface area contributed by atoms with Crippen molar-refractivity contribution >= 4 is 17.1 Å². The minimum Gasteiger partial charge on any atom is -0.493 e. The monoisotopic (exact) mass is 415 g/mol. The fourth-order valence-electron chi connectivity index (χ4n) is 2.91. The standard InChI is InChI=1S/C22H22FNO4S/c1-12(2)22-24-17(11-29-22)13-6-7-15(16(23)8-13)20(25)14-9-18(26-3)21(28-5)19(10-14)27-4/h6-12H,1-5H3. The van der Waals surface area contributed by atoms with E-state index < -0.39 is 11.6 Å². The second kappa shape index (κ2) is 8.61. The van der Waals surface area contributed by atoms with Gasteiger partial charge in [0.15, 0.2) is 17.3 Å². The second-order valence-corrected chi connectivity index (χ2v) is 7.55. The molecule has 1 aromatic heterocycles. The number of carbonyl (C=O) groups is 1. The Morgan fingerprint density at radius 2 is 1.69 bits per heavy atom. The summed E-state index contributed by atoms with van der Waals surface area (Å²) < 4.78 is 30.6. The molecule has 1 heterocycles. The molecule has 0 atom stereocenters. The van der Waals surface area contributed by atoms with Crippen LogP contribution in [0.15, 0.2) is 35.7 Å². The molecular weight excluding hydrogens is 393 g/mol. The van der Waals surface area contributed by atoms with Crippen molar-refractivity contribution in [1.29, 1.82) is 0 Å². The molecule has 0 bridgehead atoms. The molecule has 0 N–H and O–H groups in total. The molecule has 0 fully saturated rings. The zero-order valence-corrected chi connectivity index (χ0v) is 17.7. The number of methoxy groups -OCH3 is 3. The largest absolute Gasteiger partial charge is 0.493 e. The third kappa shape index (κ3) is 4.10. The summed E-state index contributed by atoms with van der Waals surface area (Å²) in [5, 5.41) is 2.88. The number of ketones is 1. The summed E-state index contributed by atoms with van der Waals surface area (Å²) in [6, 6.07) is 7.53. The highest BCUT2D eigenvalue weighted by molar-refractivity contribution is 7.10. The maximum Gasteiger partial charge on any atom is 0.203 e. The van der Waals surface area contributed by atoms with Gasteiger partial charge in [-0.2, -0.15) is 0 Å². The van der Waals surface area contributed by atoms with Gasteiger partial charge in [-0.3, -0.25) is 4.79 Å². The fourth-order valence-corrected chi connectivity index (χ4v) is 3.76. The van der Waals surface area contributed by atoms with Crippen LogP contribution in [-0.4, -0.2) is 32.1 Å². The highest BCUT2D eigenvalue weighted by Gasteiger charge is 2.21. The van der Waals surface area contributed by atoms with E-state index in [0.717, 1.165) is 5.01 Å². The highest BCUT2D eigenvalue weighted by atomic mass is 32.1. The smallest absolute Gasteiger partial charge is 0.203 e. The van der Waals surface area contributed by atoms with Crippen LogP contribution in [0.3, 0.4) is 0 Å². The molecule has 0 amide bonds. The second-order valence-electron chi connectivity index (χ2n) is 6.66. The van der Waals surface area contributed by atoms with Gasteiger partial charge in [-0.05, 0) is 24.3 Å². The van der Waals surface area contributed by atoms with Crippen LogP contribution in [0.2, 0.25) is 0 Å². The number of carbonyl (C=O) groups excluding carboxylic acids is 1. The molecule has 3 aromatic rings. The van der Waals surface area contributed by atoms with Gasteiger partial charge in [0.25, 0.3) is 0 Å². The summed E-state index contributed by atoms with van der Waals surface area (Å²) in [7, 11) is 4.39. The van der Waals surface area contributed by atoms with Crippen LogP contribution in [0.25, 0.3) is 11.3 Å². The average molecular weight is 415 g/mol. The van der Waals surface area contributed by atoms with E-state index in [4.69, 9.17) is 14.2 Å². The van der Waals surface area contributed by atoms with E-state index in [2.05, 4.69) is 18.8 Å². The minimum absolute atomic E-state index is 0.0395. The number of rotatable bonds is 7. The Bertz CT molecular complexity index is 1020. The van der Waals surface area contributed by atoms with Gasteiger partial charge >= 0.3 is 0 Å². The number of ether oxygens (including phenoxy) is 3. The molecule has 7 heteroatoms. The fraction of sp³-hybridized carbons (Fsp3) is 0.273. The van der Waals surface area contributed by atoms with Gasteiger partial charge in [0.05, 0.1) is 37.6 Å². The number of nitrogens with zero attached hydrogens (tertiary/aromatic N) is 1. The molecule has 0 saturated carbocycles. The Morgan fingerprint density at radius 3 is 2.17 bits per heavy atom. The highest BCUT2D eigenvalue weighted by Crippen LogP contribution is 2.39. The van der Waals surface area contributed by atoms with E-state index in [1.807, 2.05) is 5.38 Å². The Labute approximate surface area is 173 Å². The van der Waals surface area contributed by atoms with E-state index in [1.54, 1.807) is 6.07 Å². The lowest BCUT2D eigenvalue weighted by Gasteiger charge is -2.14. The van der Waals surface area contributed by atoms with E-state index in [1.165, 1.54) is 56.9 Å². The lowest BCUT2D eigenvalue weighted by Crippen LogP contribution is -2.06. The zero-order chi connectivity index (χ0) is 21.1. The van der Waals surface area contributed by atoms with Crippen molar-refractivity contribution in [3.63, 3.8) is 0 Å². The van der Waals surface area contributed by atoms with Crippen LogP contribution < -0.4 is 14.2 Å². The lowest BCUT2D eigenvalue weighted by molar-refractivity contribution is 0.103. The van der Waals surface area contributed by atoms with E-state index in [0.29, 0.717) is 34.4 Å². The SMILES string of the molecule is COc1cc(C(=O)c2ccc(-c3csc(C(C)C)n3)cc2F)cc(OC)c1OC. The molecule has 0 radical (unpaired) electrons. The van der Waals surface area contributed by atoms with Crippen molar-refractivity contribution in [2.45, 2.75) is 19.8 Å². The Balaban J connectivity index is 1.97. The van der Waals surface area contributed by atoms with Crippen molar-refractivity contribution in [2.75, 3.05) is 21.3 Å². The van der Waals surface area contributed by atoms with Crippen LogP contribution in [0.4, 0.5) is 4.39 Å². The summed E-state index contributed by atoms with van der Waals surface area (Å²) in [5.41, 5.74) is 1.53. The maximum atomic E-state index is 14.8. The molecule has 0 aliphatic carbocycles. The minimum atomic E-state index is -0.611. The van der Waals surface area contributed by atoms with Crippen molar-refractivity contribution in [3.05, 3.63) is 57.7 Å². The number of benzene rings is 2. The molecule has 152 valence electrons. The van der Waals surface area contributed by atoms with Crippen LogP contribution >= 0.6 is 11.3 Å². The summed E-state index contributed by atoms with van der Waals surface area (Å²) in [4.78, 5) is 17.5. The third-order valence-corrected chi connectivity index (χ3v) is 5.60. The Hall–Kier alpha value is -2.93. The molecule has 0 spiro atoms. The molecule has 29 heavy (non-hydrogen) atoms. The molecular formula is C22H22FNO4S. The summed E-state index contributed by atoms with van der Waals surface area (Å²) in [6.07, 6.45) is 0. The van der Waals surface area contributed by atoms with Crippen LogP contribution in [-0.2, 0) is 0 Å². The summed E-state index contributed by atoms with van der Waals surface area (Å²) in [6.45, 7) is 4.12. The Morgan fingerprint density at radius 1 is 1.03 bits per heavy atom. The number of aromatic nitrogens is 1. The topological polar surface area (TPSA) is 57.7 Å². The number of hydrogen-bond donors (Lipinski definition) is 0. The molecule has 0 aliphatic heterocycles. The average Bonchev–Trinajstić information content (AvgIpc) is 3.22. The first-order chi connectivity index (χ1) is 13.9. The van der Waals surface area contributed by atoms with E-state index in [-0.39, 0.29) is 11.1 Å². The molecule has 0 saturated heterocycles. The van der Waals surface area contributed by atoms with E-state index in [9.17, 15) is 9.18 Å². The lowest BCUT2D eigenvalue weighted by atomic mass is 10.00.